The quantitative estimate of drug-likeness (QED) is 0.181. The predicted molar refractivity (Wildman–Crippen MR) is 220 cm³/mol. The van der Waals surface area contributed by atoms with Gasteiger partial charge >= 0.3 is 195 Å². The van der Waals surface area contributed by atoms with Crippen LogP contribution < -0.4 is 22.2 Å². The molecule has 3 aromatic rings. The number of nitrogens with zero attached hydrogens (tertiary/aromatic N) is 2. The second-order valence-corrected chi connectivity index (χ2v) is 20.9. The van der Waals surface area contributed by atoms with Crippen LogP contribution in [0.2, 0.25) is 0 Å². The molecule has 4 aliphatic rings. The summed E-state index contributed by atoms with van der Waals surface area (Å²) in [6, 6.07) is 20.1. The summed E-state index contributed by atoms with van der Waals surface area (Å²) in [5.74, 6) is 0. The maximum atomic E-state index is 2.60. The molecule has 1 heterocycles. The maximum Gasteiger partial charge on any atom is -1.00 e. The Hall–Kier alpha value is -1.66. The molecule has 7 rings (SSSR count). The molecular formula is C46H65ClN2PRu-. The SMILES string of the molecule is C1CCC(P(C2CCCCC2)C2CCCCC2)CC1.Cc1cc(C)c(N2CCN(c3c(C)cc(C)cc3C)[C]2=[Ru]=[CH]c2ccccc2)c(C)c1.[Cl-]. The van der Waals surface area contributed by atoms with Crippen molar-refractivity contribution in [2.24, 2.45) is 0 Å². The molecule has 0 bridgehead atoms. The van der Waals surface area contributed by atoms with Gasteiger partial charge in [0.1, 0.15) is 0 Å². The van der Waals surface area contributed by atoms with Crippen molar-refractivity contribution in [2.75, 3.05) is 22.9 Å². The number of anilines is 2. The molecule has 0 unspecified atom stereocenters. The average molecular weight is 814 g/mol. The minimum absolute atomic E-state index is 0. The van der Waals surface area contributed by atoms with Gasteiger partial charge in [0.2, 0.25) is 0 Å². The van der Waals surface area contributed by atoms with Crippen molar-refractivity contribution in [1.29, 1.82) is 0 Å². The summed E-state index contributed by atoms with van der Waals surface area (Å²) in [5.41, 5.74) is 15.8. The normalized spacial score (nSPS) is 19.2. The van der Waals surface area contributed by atoms with Gasteiger partial charge in [0.05, 0.1) is 0 Å². The zero-order chi connectivity index (χ0) is 35.0. The van der Waals surface area contributed by atoms with Crippen molar-refractivity contribution in [1.82, 2.24) is 0 Å². The molecule has 1 saturated heterocycles. The summed E-state index contributed by atoms with van der Waals surface area (Å²) in [6.07, 6.45) is 23.6. The van der Waals surface area contributed by atoms with Gasteiger partial charge in [0, 0.05) is 0 Å². The van der Waals surface area contributed by atoms with E-state index >= 15 is 0 Å². The first-order valence-corrected chi connectivity index (χ1v) is 23.6. The van der Waals surface area contributed by atoms with Crippen LogP contribution in [0.4, 0.5) is 11.4 Å². The molecule has 2 nitrogen and oxygen atoms in total. The zero-order valence-corrected chi connectivity index (χ0v) is 36.0. The molecule has 51 heavy (non-hydrogen) atoms. The Bertz CT molecular complexity index is 1470. The number of hydrogen-bond acceptors (Lipinski definition) is 2. The van der Waals surface area contributed by atoms with Gasteiger partial charge in [-0.3, -0.25) is 0 Å². The van der Waals surface area contributed by atoms with Crippen LogP contribution in [0, 0.1) is 41.5 Å². The first-order valence-electron chi connectivity index (χ1n) is 20.1. The van der Waals surface area contributed by atoms with Gasteiger partial charge in [-0.15, -0.1) is 0 Å². The fraction of sp³-hybridized carbons (Fsp3) is 0.565. The van der Waals surface area contributed by atoms with E-state index in [2.05, 4.69) is 111 Å². The molecule has 0 spiro atoms. The third-order valence-corrected chi connectivity index (χ3v) is 18.1. The number of hydrogen-bond donors (Lipinski definition) is 0. The molecule has 3 aliphatic carbocycles. The number of benzene rings is 3. The predicted octanol–water partition coefficient (Wildman–Crippen LogP) is 9.35. The summed E-state index contributed by atoms with van der Waals surface area (Å²) in [6.45, 7) is 15.5. The molecule has 5 heteroatoms. The van der Waals surface area contributed by atoms with E-state index in [4.69, 9.17) is 0 Å². The Morgan fingerprint density at radius 1 is 0.529 bits per heavy atom. The van der Waals surface area contributed by atoms with E-state index in [9.17, 15) is 0 Å². The molecule has 4 fully saturated rings. The first kappa shape index (κ1) is 40.5. The molecule has 0 atom stereocenters. The molecule has 0 N–H and O–H groups in total. The second kappa shape index (κ2) is 19.6. The smallest absolute Gasteiger partial charge is 1.00 e. The van der Waals surface area contributed by atoms with E-state index in [0.29, 0.717) is 7.92 Å². The fourth-order valence-corrected chi connectivity index (χ4v) is 16.7. The van der Waals surface area contributed by atoms with Crippen molar-refractivity contribution in [3.63, 3.8) is 0 Å². The third-order valence-electron chi connectivity index (χ3n) is 11.8. The summed E-state index contributed by atoms with van der Waals surface area (Å²) in [5, 5.41) is 0. The molecule has 0 aromatic heterocycles. The van der Waals surface area contributed by atoms with Crippen molar-refractivity contribution in [3.8, 4) is 0 Å². The molecule has 0 amide bonds. The number of aryl methyl sites for hydroxylation is 6. The first-order chi connectivity index (χ1) is 24.3. The second-order valence-electron chi connectivity index (χ2n) is 16.0. The van der Waals surface area contributed by atoms with Crippen molar-refractivity contribution in [3.05, 3.63) is 93.5 Å². The van der Waals surface area contributed by atoms with Gasteiger partial charge < -0.3 is 12.4 Å². The third kappa shape index (κ3) is 10.3. The van der Waals surface area contributed by atoms with Crippen LogP contribution in [0.5, 0.6) is 0 Å². The fourth-order valence-electron chi connectivity index (χ4n) is 9.89. The van der Waals surface area contributed by atoms with Crippen LogP contribution in [-0.2, 0) is 16.2 Å². The molecular weight excluding hydrogens is 748 g/mol. The topological polar surface area (TPSA) is 6.48 Å². The van der Waals surface area contributed by atoms with E-state index in [0.717, 1.165) is 13.1 Å². The number of halogens is 1. The van der Waals surface area contributed by atoms with Gasteiger partial charge in [-0.2, -0.15) is 0 Å². The van der Waals surface area contributed by atoms with Gasteiger partial charge in [-0.05, 0) is 55.5 Å². The van der Waals surface area contributed by atoms with E-state index in [1.165, 1.54) is 90.9 Å². The average Bonchev–Trinajstić information content (AvgIpc) is 3.51. The largest absolute Gasteiger partial charge is 1.00 e. The summed E-state index contributed by atoms with van der Waals surface area (Å²) in [4.78, 5) is 5.20. The van der Waals surface area contributed by atoms with E-state index in [1.807, 2.05) is 0 Å². The van der Waals surface area contributed by atoms with Gasteiger partial charge in [-0.1, -0.05) is 65.7 Å². The van der Waals surface area contributed by atoms with Crippen molar-refractivity contribution in [2.45, 2.75) is 155 Å². The van der Waals surface area contributed by atoms with Crippen LogP contribution in [-0.4, -0.2) is 39.0 Å². The van der Waals surface area contributed by atoms with Crippen molar-refractivity contribution >= 4 is 28.3 Å². The standard InChI is InChI=1S/C21H26N2.C18H33P.C7H6.ClH.Ru/c1-14-9-16(3)20(17(4)10-14)22-7-8-23(13-22)21-18(5)11-15(2)12-19(21)6;1-4-10-16(11-5-1)19(17-12-6-2-7-13-17)18-14-8-3-9-15-18;1-7-5-3-2-4-6-7;;/h9-12H,7-8H2,1-6H3;16-18H,1-15H2;1-6H;1H;/p-1. The molecule has 3 saturated carbocycles. The van der Waals surface area contributed by atoms with Crippen LogP contribution in [0.25, 0.3) is 0 Å². The summed E-state index contributed by atoms with van der Waals surface area (Å²) in [7, 11) is 0.385. The molecule has 3 aromatic carbocycles. The maximum absolute atomic E-state index is 2.60. The van der Waals surface area contributed by atoms with Crippen LogP contribution in [0.3, 0.4) is 0 Å². The zero-order valence-electron chi connectivity index (χ0n) is 32.6. The van der Waals surface area contributed by atoms with Crippen molar-refractivity contribution < 1.29 is 28.6 Å². The molecule has 1 aliphatic heterocycles. The Balaban J connectivity index is 0.000000216. The Labute approximate surface area is 326 Å². The Morgan fingerprint density at radius 3 is 1.24 bits per heavy atom. The minimum Gasteiger partial charge on any atom is -1.00 e. The Morgan fingerprint density at radius 2 is 0.882 bits per heavy atom. The van der Waals surface area contributed by atoms with Crippen LogP contribution >= 0.6 is 7.92 Å². The minimum atomic E-state index is -0.0911. The van der Waals surface area contributed by atoms with Gasteiger partial charge in [-0.25, -0.2) is 0 Å². The van der Waals surface area contributed by atoms with Crippen LogP contribution in [0.15, 0.2) is 54.6 Å². The summed E-state index contributed by atoms with van der Waals surface area (Å²) >= 11 is -0.0911. The van der Waals surface area contributed by atoms with E-state index in [-0.39, 0.29) is 28.6 Å². The number of rotatable bonds is 6. The van der Waals surface area contributed by atoms with Gasteiger partial charge in [0.25, 0.3) is 0 Å². The van der Waals surface area contributed by atoms with Crippen LogP contribution in [0.1, 0.15) is 135 Å². The van der Waals surface area contributed by atoms with E-state index < -0.39 is 0 Å². The molecule has 280 valence electrons. The van der Waals surface area contributed by atoms with E-state index in [1.54, 1.807) is 77.0 Å². The molecule has 0 radical (unpaired) electrons. The Kier molecular flexibility index (Phi) is 15.6. The monoisotopic (exact) mass is 813 g/mol. The van der Waals surface area contributed by atoms with Gasteiger partial charge in [0.15, 0.2) is 0 Å². The summed E-state index contributed by atoms with van der Waals surface area (Å²) < 4.78 is 3.91.